The van der Waals surface area contributed by atoms with E-state index in [1.807, 2.05) is 19.9 Å². The monoisotopic (exact) mass is 292 g/mol. The van der Waals surface area contributed by atoms with Crippen molar-refractivity contribution < 1.29 is 4.74 Å². The lowest BCUT2D eigenvalue weighted by Gasteiger charge is -2.33. The van der Waals surface area contributed by atoms with E-state index in [0.29, 0.717) is 18.5 Å². The van der Waals surface area contributed by atoms with Gasteiger partial charge in [0.2, 0.25) is 5.88 Å². The van der Waals surface area contributed by atoms with Crippen LogP contribution in [0.1, 0.15) is 39.4 Å². The molecule has 1 N–H and O–H groups in total. The normalized spacial score (nSPS) is 16.2. The van der Waals surface area contributed by atoms with E-state index in [-0.39, 0.29) is 0 Å². The molecule has 0 radical (unpaired) electrons. The van der Waals surface area contributed by atoms with Crippen LogP contribution in [0.4, 0.5) is 5.82 Å². The highest BCUT2D eigenvalue weighted by molar-refractivity contribution is 5.42. The summed E-state index contributed by atoms with van der Waals surface area (Å²) >= 11 is 0. The molecular weight excluding hydrogens is 264 g/mol. The summed E-state index contributed by atoms with van der Waals surface area (Å²) in [5.41, 5.74) is 0. The number of ether oxygens (including phenoxy) is 1. The van der Waals surface area contributed by atoms with E-state index >= 15 is 0 Å². The van der Waals surface area contributed by atoms with Crippen molar-refractivity contribution in [2.24, 2.45) is 5.92 Å². The van der Waals surface area contributed by atoms with Crippen molar-refractivity contribution in [3.05, 3.63) is 11.9 Å². The van der Waals surface area contributed by atoms with Crippen LogP contribution in [0, 0.1) is 12.8 Å². The Morgan fingerprint density at radius 2 is 2.05 bits per heavy atom. The van der Waals surface area contributed by atoms with Crippen LogP contribution in [0.2, 0.25) is 0 Å². The number of hydrogen-bond donors (Lipinski definition) is 1. The summed E-state index contributed by atoms with van der Waals surface area (Å²) in [4.78, 5) is 11.3. The van der Waals surface area contributed by atoms with Gasteiger partial charge in [-0.15, -0.1) is 0 Å². The van der Waals surface area contributed by atoms with Gasteiger partial charge in [-0.1, -0.05) is 0 Å². The SMILES string of the molecule is CCOc1cc(N(CC2CCNCC2)C(C)C)nc(C)n1. The number of piperidine rings is 1. The largest absolute Gasteiger partial charge is 0.478 e. The molecule has 2 rings (SSSR count). The first-order valence-corrected chi connectivity index (χ1v) is 8.06. The molecule has 118 valence electrons. The molecule has 1 aliphatic rings. The fourth-order valence-electron chi connectivity index (χ4n) is 2.81. The Morgan fingerprint density at radius 3 is 2.67 bits per heavy atom. The highest BCUT2D eigenvalue weighted by Gasteiger charge is 2.21. The molecule has 0 aromatic carbocycles. The molecule has 2 heterocycles. The van der Waals surface area contributed by atoms with Gasteiger partial charge in [0.15, 0.2) is 0 Å². The number of rotatable bonds is 6. The van der Waals surface area contributed by atoms with Crippen LogP contribution in [-0.4, -0.2) is 42.3 Å². The molecule has 1 saturated heterocycles. The zero-order chi connectivity index (χ0) is 15.2. The van der Waals surface area contributed by atoms with E-state index in [4.69, 9.17) is 4.74 Å². The van der Waals surface area contributed by atoms with Crippen LogP contribution < -0.4 is 15.0 Å². The number of anilines is 1. The highest BCUT2D eigenvalue weighted by atomic mass is 16.5. The Morgan fingerprint density at radius 1 is 1.33 bits per heavy atom. The third-order valence-electron chi connectivity index (χ3n) is 3.92. The smallest absolute Gasteiger partial charge is 0.218 e. The Balaban J connectivity index is 2.16. The van der Waals surface area contributed by atoms with Crippen molar-refractivity contribution in [1.82, 2.24) is 15.3 Å². The van der Waals surface area contributed by atoms with Crippen molar-refractivity contribution in [3.8, 4) is 5.88 Å². The second-order valence-electron chi connectivity index (χ2n) is 5.98. The van der Waals surface area contributed by atoms with E-state index < -0.39 is 0 Å². The first kappa shape index (κ1) is 16.0. The third kappa shape index (κ3) is 4.56. The zero-order valence-corrected chi connectivity index (χ0v) is 13.7. The molecule has 21 heavy (non-hydrogen) atoms. The molecule has 0 unspecified atom stereocenters. The molecule has 5 heteroatoms. The molecule has 0 aliphatic carbocycles. The van der Waals surface area contributed by atoms with Crippen LogP contribution >= 0.6 is 0 Å². The molecule has 0 amide bonds. The summed E-state index contributed by atoms with van der Waals surface area (Å²) < 4.78 is 5.56. The molecule has 0 saturated carbocycles. The van der Waals surface area contributed by atoms with Crippen LogP contribution in [0.25, 0.3) is 0 Å². The molecular formula is C16H28N4O. The Hall–Kier alpha value is -1.36. The van der Waals surface area contributed by atoms with Gasteiger partial charge < -0.3 is 15.0 Å². The minimum atomic E-state index is 0.420. The number of aryl methyl sites for hydroxylation is 1. The van der Waals surface area contributed by atoms with Crippen LogP contribution in [0.15, 0.2) is 6.07 Å². The van der Waals surface area contributed by atoms with E-state index in [0.717, 1.165) is 37.2 Å². The van der Waals surface area contributed by atoms with Gasteiger partial charge in [-0.25, -0.2) is 4.98 Å². The maximum Gasteiger partial charge on any atom is 0.218 e. The van der Waals surface area contributed by atoms with Crippen molar-refractivity contribution in [3.63, 3.8) is 0 Å². The van der Waals surface area contributed by atoms with Gasteiger partial charge in [0.1, 0.15) is 11.6 Å². The summed E-state index contributed by atoms with van der Waals surface area (Å²) in [6, 6.07) is 2.39. The lowest BCUT2D eigenvalue weighted by Crippen LogP contribution is -2.40. The van der Waals surface area contributed by atoms with Gasteiger partial charge in [-0.05, 0) is 59.5 Å². The molecule has 0 atom stereocenters. The minimum absolute atomic E-state index is 0.420. The van der Waals surface area contributed by atoms with Crippen molar-refractivity contribution in [2.75, 3.05) is 31.1 Å². The summed E-state index contributed by atoms with van der Waals surface area (Å²) in [7, 11) is 0. The Bertz CT molecular complexity index is 444. The molecule has 1 aromatic rings. The Kier molecular flexibility index (Phi) is 5.79. The van der Waals surface area contributed by atoms with Gasteiger partial charge >= 0.3 is 0 Å². The number of nitrogens with zero attached hydrogens (tertiary/aromatic N) is 3. The quantitative estimate of drug-likeness (QED) is 0.872. The highest BCUT2D eigenvalue weighted by Crippen LogP contribution is 2.23. The van der Waals surface area contributed by atoms with E-state index in [1.54, 1.807) is 0 Å². The van der Waals surface area contributed by atoms with Crippen molar-refractivity contribution >= 4 is 5.82 Å². The maximum atomic E-state index is 5.56. The number of hydrogen-bond acceptors (Lipinski definition) is 5. The molecule has 1 aliphatic heterocycles. The lowest BCUT2D eigenvalue weighted by atomic mass is 9.97. The molecule has 0 bridgehead atoms. The summed E-state index contributed by atoms with van der Waals surface area (Å²) in [6.07, 6.45) is 2.48. The maximum absolute atomic E-state index is 5.56. The standard InChI is InChI=1S/C16H28N4O/c1-5-21-16-10-15(18-13(4)19-16)20(12(2)3)11-14-6-8-17-9-7-14/h10,12,14,17H,5-9,11H2,1-4H3. The van der Waals surface area contributed by atoms with Crippen LogP contribution in [-0.2, 0) is 0 Å². The van der Waals surface area contributed by atoms with Crippen molar-refractivity contribution in [2.45, 2.75) is 46.6 Å². The van der Waals surface area contributed by atoms with E-state index in [2.05, 4.69) is 34.0 Å². The number of nitrogens with one attached hydrogen (secondary N) is 1. The van der Waals surface area contributed by atoms with Crippen LogP contribution in [0.5, 0.6) is 5.88 Å². The fraction of sp³-hybridized carbons (Fsp3) is 0.750. The molecule has 1 aromatic heterocycles. The van der Waals surface area contributed by atoms with Gasteiger partial charge in [-0.2, -0.15) is 4.98 Å². The zero-order valence-electron chi connectivity index (χ0n) is 13.7. The van der Waals surface area contributed by atoms with Crippen LogP contribution in [0.3, 0.4) is 0 Å². The van der Waals surface area contributed by atoms with Gasteiger partial charge in [0.05, 0.1) is 6.61 Å². The van der Waals surface area contributed by atoms with E-state index in [1.165, 1.54) is 12.8 Å². The summed E-state index contributed by atoms with van der Waals surface area (Å²) in [5.74, 6) is 3.17. The van der Waals surface area contributed by atoms with Gasteiger partial charge in [-0.3, -0.25) is 0 Å². The lowest BCUT2D eigenvalue weighted by molar-refractivity contribution is 0.324. The average molecular weight is 292 g/mol. The predicted octanol–water partition coefficient (Wildman–Crippen LogP) is 2.40. The van der Waals surface area contributed by atoms with E-state index in [9.17, 15) is 0 Å². The second kappa shape index (κ2) is 7.59. The minimum Gasteiger partial charge on any atom is -0.478 e. The summed E-state index contributed by atoms with van der Waals surface area (Å²) in [6.45, 7) is 12.3. The third-order valence-corrected chi connectivity index (χ3v) is 3.92. The van der Waals surface area contributed by atoms with Gasteiger partial charge in [0, 0.05) is 18.7 Å². The second-order valence-corrected chi connectivity index (χ2v) is 5.98. The predicted molar refractivity (Wildman–Crippen MR) is 86.0 cm³/mol. The molecule has 0 spiro atoms. The fourth-order valence-corrected chi connectivity index (χ4v) is 2.81. The first-order valence-electron chi connectivity index (χ1n) is 8.06. The summed E-state index contributed by atoms with van der Waals surface area (Å²) in [5, 5.41) is 3.43. The number of aromatic nitrogens is 2. The molecule has 5 nitrogen and oxygen atoms in total. The average Bonchev–Trinajstić information content (AvgIpc) is 2.45. The Labute approximate surface area is 128 Å². The van der Waals surface area contributed by atoms with Crippen molar-refractivity contribution in [1.29, 1.82) is 0 Å². The topological polar surface area (TPSA) is 50.3 Å². The molecule has 1 fully saturated rings. The first-order chi connectivity index (χ1) is 10.1. The van der Waals surface area contributed by atoms with Gasteiger partial charge in [0.25, 0.3) is 0 Å².